The van der Waals surface area contributed by atoms with Gasteiger partial charge < -0.3 is 15.0 Å². The number of hydrogen-bond acceptors (Lipinski definition) is 3. The maximum absolute atomic E-state index is 12.8. The van der Waals surface area contributed by atoms with Crippen LogP contribution in [0.3, 0.4) is 0 Å². The predicted octanol–water partition coefficient (Wildman–Crippen LogP) is 2.76. The van der Waals surface area contributed by atoms with Crippen LogP contribution in [0.4, 0.5) is 10.1 Å². The van der Waals surface area contributed by atoms with Crippen LogP contribution in [-0.4, -0.2) is 31.5 Å². The van der Waals surface area contributed by atoms with Gasteiger partial charge in [0.15, 0.2) is 0 Å². The van der Waals surface area contributed by atoms with E-state index in [9.17, 15) is 14.0 Å². The third kappa shape index (κ3) is 4.35. The van der Waals surface area contributed by atoms with Gasteiger partial charge >= 0.3 is 0 Å². The van der Waals surface area contributed by atoms with Gasteiger partial charge in [0.2, 0.25) is 5.91 Å². The molecule has 5 nitrogen and oxygen atoms in total. The second-order valence-electron chi connectivity index (χ2n) is 5.75. The molecular weight excluding hydrogens is 323 g/mol. The Labute approximate surface area is 145 Å². The van der Waals surface area contributed by atoms with Crippen LogP contribution in [0.5, 0.6) is 5.75 Å². The van der Waals surface area contributed by atoms with Gasteiger partial charge in [-0.25, -0.2) is 4.39 Å². The molecule has 1 aliphatic rings. The van der Waals surface area contributed by atoms with Gasteiger partial charge in [-0.2, -0.15) is 0 Å². The van der Waals surface area contributed by atoms with Gasteiger partial charge in [-0.15, -0.1) is 0 Å². The van der Waals surface area contributed by atoms with E-state index >= 15 is 0 Å². The van der Waals surface area contributed by atoms with Crippen molar-refractivity contribution in [2.75, 3.05) is 24.6 Å². The Balaban J connectivity index is 1.46. The van der Waals surface area contributed by atoms with Crippen LogP contribution in [0.25, 0.3) is 0 Å². The summed E-state index contributed by atoms with van der Waals surface area (Å²) in [5.41, 5.74) is 1.34. The maximum atomic E-state index is 12.8. The monoisotopic (exact) mass is 342 g/mol. The number of benzene rings is 2. The number of rotatable bonds is 6. The van der Waals surface area contributed by atoms with Crippen LogP contribution in [-0.2, 0) is 4.79 Å². The molecule has 130 valence electrons. The van der Waals surface area contributed by atoms with Crippen LogP contribution in [0.2, 0.25) is 0 Å². The van der Waals surface area contributed by atoms with E-state index in [1.54, 1.807) is 29.2 Å². The van der Waals surface area contributed by atoms with E-state index in [2.05, 4.69) is 5.32 Å². The number of anilines is 1. The zero-order valence-electron chi connectivity index (χ0n) is 13.7. The first-order valence-electron chi connectivity index (χ1n) is 8.20. The van der Waals surface area contributed by atoms with E-state index in [1.807, 2.05) is 0 Å². The summed E-state index contributed by atoms with van der Waals surface area (Å²) in [7, 11) is 0. The summed E-state index contributed by atoms with van der Waals surface area (Å²) in [6, 6.07) is 12.7. The van der Waals surface area contributed by atoms with Gasteiger partial charge in [0.1, 0.15) is 18.2 Å². The number of nitrogens with zero attached hydrogens (tertiary/aromatic N) is 1. The second kappa shape index (κ2) is 7.79. The van der Waals surface area contributed by atoms with E-state index in [1.165, 1.54) is 24.3 Å². The lowest BCUT2D eigenvalue weighted by atomic mass is 10.2. The molecule has 1 heterocycles. The molecule has 0 aromatic heterocycles. The predicted molar refractivity (Wildman–Crippen MR) is 92.3 cm³/mol. The molecule has 2 aromatic rings. The number of nitrogens with one attached hydrogen (secondary N) is 1. The first-order chi connectivity index (χ1) is 12.1. The molecule has 0 radical (unpaired) electrons. The molecular formula is C19H19FN2O3. The summed E-state index contributed by atoms with van der Waals surface area (Å²) in [5, 5.41) is 2.76. The fraction of sp³-hybridized carbons (Fsp3) is 0.263. The minimum atomic E-state index is -0.320. The molecule has 3 rings (SSSR count). The fourth-order valence-electron chi connectivity index (χ4n) is 2.68. The Hall–Kier alpha value is -2.89. The number of ether oxygens (including phenoxy) is 1. The Morgan fingerprint density at radius 2 is 1.84 bits per heavy atom. The third-order valence-electron chi connectivity index (χ3n) is 3.98. The standard InChI is InChI=1S/C19H19FN2O3/c20-15-5-9-17(10-6-15)25-13-11-21-19(24)14-3-7-16(8-4-14)22-12-1-2-18(22)23/h3-10H,1-2,11-13H2,(H,21,24). The zero-order valence-corrected chi connectivity index (χ0v) is 13.7. The van der Waals surface area contributed by atoms with Crippen molar-refractivity contribution in [2.45, 2.75) is 12.8 Å². The highest BCUT2D eigenvalue weighted by Gasteiger charge is 2.21. The first kappa shape index (κ1) is 17.0. The molecule has 0 atom stereocenters. The lowest BCUT2D eigenvalue weighted by Crippen LogP contribution is -2.28. The largest absolute Gasteiger partial charge is 0.492 e. The molecule has 2 aromatic carbocycles. The van der Waals surface area contributed by atoms with E-state index in [4.69, 9.17) is 4.74 Å². The molecule has 2 amide bonds. The first-order valence-corrected chi connectivity index (χ1v) is 8.20. The molecule has 0 saturated carbocycles. The van der Waals surface area contributed by atoms with Crippen LogP contribution < -0.4 is 15.0 Å². The molecule has 1 N–H and O–H groups in total. The summed E-state index contributed by atoms with van der Waals surface area (Å²) < 4.78 is 18.2. The molecule has 6 heteroatoms. The molecule has 0 aliphatic carbocycles. The van der Waals surface area contributed by atoms with Gasteiger partial charge in [0.05, 0.1) is 6.54 Å². The fourth-order valence-corrected chi connectivity index (χ4v) is 2.68. The summed E-state index contributed by atoms with van der Waals surface area (Å²) in [6.07, 6.45) is 1.45. The molecule has 0 bridgehead atoms. The van der Waals surface area contributed by atoms with Crippen molar-refractivity contribution in [1.29, 1.82) is 0 Å². The molecule has 0 unspecified atom stereocenters. The van der Waals surface area contributed by atoms with Crippen molar-refractivity contribution in [3.8, 4) is 5.75 Å². The van der Waals surface area contributed by atoms with E-state index in [0.29, 0.717) is 24.3 Å². The Morgan fingerprint density at radius 1 is 1.12 bits per heavy atom. The Morgan fingerprint density at radius 3 is 2.48 bits per heavy atom. The third-order valence-corrected chi connectivity index (χ3v) is 3.98. The number of amides is 2. The minimum absolute atomic E-state index is 0.121. The van der Waals surface area contributed by atoms with Crippen molar-refractivity contribution in [3.05, 3.63) is 59.9 Å². The Bertz CT molecular complexity index is 744. The molecule has 0 spiro atoms. The van der Waals surface area contributed by atoms with Gasteiger partial charge in [-0.3, -0.25) is 9.59 Å². The van der Waals surface area contributed by atoms with E-state index in [-0.39, 0.29) is 24.2 Å². The average molecular weight is 342 g/mol. The summed E-state index contributed by atoms with van der Waals surface area (Å²) in [5.74, 6) is 0.146. The lowest BCUT2D eigenvalue weighted by molar-refractivity contribution is -0.117. The summed E-state index contributed by atoms with van der Waals surface area (Å²) >= 11 is 0. The topological polar surface area (TPSA) is 58.6 Å². The number of carbonyl (C=O) groups is 2. The highest BCUT2D eigenvalue weighted by molar-refractivity contribution is 5.97. The minimum Gasteiger partial charge on any atom is -0.492 e. The number of carbonyl (C=O) groups excluding carboxylic acids is 2. The molecule has 25 heavy (non-hydrogen) atoms. The van der Waals surface area contributed by atoms with Gasteiger partial charge in [0, 0.05) is 24.2 Å². The average Bonchev–Trinajstić information content (AvgIpc) is 3.06. The Kier molecular flexibility index (Phi) is 5.28. The van der Waals surface area contributed by atoms with Crippen molar-refractivity contribution < 1.29 is 18.7 Å². The summed E-state index contributed by atoms with van der Waals surface area (Å²) in [4.78, 5) is 25.6. The van der Waals surface area contributed by atoms with Crippen molar-refractivity contribution >= 4 is 17.5 Å². The quantitative estimate of drug-likeness (QED) is 0.821. The van der Waals surface area contributed by atoms with Gasteiger partial charge in [0.25, 0.3) is 5.91 Å². The lowest BCUT2D eigenvalue weighted by Gasteiger charge is -2.15. The van der Waals surface area contributed by atoms with Crippen molar-refractivity contribution in [2.24, 2.45) is 0 Å². The van der Waals surface area contributed by atoms with Crippen LogP contribution in [0.1, 0.15) is 23.2 Å². The van der Waals surface area contributed by atoms with Gasteiger partial charge in [-0.05, 0) is 55.0 Å². The summed E-state index contributed by atoms with van der Waals surface area (Å²) in [6.45, 7) is 1.35. The van der Waals surface area contributed by atoms with Crippen LogP contribution in [0, 0.1) is 5.82 Å². The van der Waals surface area contributed by atoms with Crippen LogP contribution in [0.15, 0.2) is 48.5 Å². The van der Waals surface area contributed by atoms with Crippen molar-refractivity contribution in [1.82, 2.24) is 5.32 Å². The normalized spacial score (nSPS) is 13.8. The maximum Gasteiger partial charge on any atom is 0.251 e. The molecule has 1 aliphatic heterocycles. The smallest absolute Gasteiger partial charge is 0.251 e. The molecule has 1 fully saturated rings. The van der Waals surface area contributed by atoms with Crippen molar-refractivity contribution in [3.63, 3.8) is 0 Å². The van der Waals surface area contributed by atoms with Crippen LogP contribution >= 0.6 is 0 Å². The number of hydrogen-bond donors (Lipinski definition) is 1. The van der Waals surface area contributed by atoms with Gasteiger partial charge in [-0.1, -0.05) is 0 Å². The highest BCUT2D eigenvalue weighted by atomic mass is 19.1. The second-order valence-corrected chi connectivity index (χ2v) is 5.75. The van der Waals surface area contributed by atoms with E-state index < -0.39 is 0 Å². The van der Waals surface area contributed by atoms with E-state index in [0.717, 1.165) is 18.7 Å². The molecule has 1 saturated heterocycles. The SMILES string of the molecule is O=C(NCCOc1ccc(F)cc1)c1ccc(N2CCCC2=O)cc1. The number of halogens is 1. The zero-order chi connectivity index (χ0) is 17.6. The highest BCUT2D eigenvalue weighted by Crippen LogP contribution is 2.21.